The van der Waals surface area contributed by atoms with Crippen molar-refractivity contribution >= 4 is 27.5 Å². The lowest BCUT2D eigenvalue weighted by atomic mass is 10.2. The molecule has 1 fully saturated rings. The van der Waals surface area contributed by atoms with Gasteiger partial charge < -0.3 is 15.0 Å². The Bertz CT molecular complexity index is 1180. The highest BCUT2D eigenvalue weighted by Gasteiger charge is 2.32. The lowest BCUT2D eigenvalue weighted by Crippen LogP contribution is -2.48. The van der Waals surface area contributed by atoms with Crippen LogP contribution >= 0.6 is 0 Å². The molecule has 2 aromatic carbocycles. The average molecular weight is 500 g/mol. The summed E-state index contributed by atoms with van der Waals surface area (Å²) in [4.78, 5) is 25.8. The molecule has 1 aliphatic heterocycles. The molecule has 34 heavy (non-hydrogen) atoms. The lowest BCUT2D eigenvalue weighted by Gasteiger charge is -2.34. The summed E-state index contributed by atoms with van der Waals surface area (Å²) >= 11 is 0. The zero-order chi connectivity index (χ0) is 25.2. The summed E-state index contributed by atoms with van der Waals surface area (Å²) < 4.78 is 72.8. The number of halogens is 3. The van der Waals surface area contributed by atoms with Crippen LogP contribution in [0.4, 0.5) is 18.9 Å². The summed E-state index contributed by atoms with van der Waals surface area (Å²) in [6.07, 6.45) is -0.502. The van der Waals surface area contributed by atoms with Gasteiger partial charge in [0.25, 0.3) is 5.91 Å². The molecular weight excluding hydrogens is 475 g/mol. The van der Waals surface area contributed by atoms with Gasteiger partial charge in [0.2, 0.25) is 15.9 Å². The van der Waals surface area contributed by atoms with Crippen LogP contribution in [0.25, 0.3) is 0 Å². The minimum atomic E-state index is -3.78. The van der Waals surface area contributed by atoms with Gasteiger partial charge in [0.1, 0.15) is 0 Å². The predicted octanol–water partition coefficient (Wildman–Crippen LogP) is 2.61. The molecule has 0 spiro atoms. The number of rotatable bonds is 6. The summed E-state index contributed by atoms with van der Waals surface area (Å²) in [6, 6.07) is 6.78. The zero-order valence-corrected chi connectivity index (χ0v) is 19.5. The Labute approximate surface area is 195 Å². The van der Waals surface area contributed by atoms with Gasteiger partial charge in [-0.25, -0.2) is 21.6 Å². The normalized spacial score (nSPS) is 19.0. The number of carbonyl (C=O) groups is 2. The van der Waals surface area contributed by atoms with E-state index in [1.807, 2.05) is 0 Å². The van der Waals surface area contributed by atoms with Crippen molar-refractivity contribution in [2.75, 3.05) is 32.0 Å². The molecule has 3 rings (SSSR count). The first kappa shape index (κ1) is 25.7. The number of anilines is 1. The van der Waals surface area contributed by atoms with Gasteiger partial charge in [-0.15, -0.1) is 0 Å². The SMILES string of the molecule is C[C@H]1CN(S(=O)(=O)c2ccc(C(=O)N(C)CC(=O)Nc3ccc(F)c(F)c3F)cc2)C[C@H](C)O1. The molecule has 2 atom stereocenters. The van der Waals surface area contributed by atoms with Gasteiger partial charge in [-0.1, -0.05) is 0 Å². The minimum absolute atomic E-state index is 0.0135. The zero-order valence-electron chi connectivity index (χ0n) is 18.7. The number of ether oxygens (including phenoxy) is 1. The Balaban J connectivity index is 1.66. The third-order valence-corrected chi connectivity index (χ3v) is 7.01. The van der Waals surface area contributed by atoms with E-state index in [4.69, 9.17) is 4.74 Å². The number of likely N-dealkylation sites (N-methyl/N-ethyl adjacent to an activating group) is 1. The Morgan fingerprint density at radius 1 is 1.03 bits per heavy atom. The van der Waals surface area contributed by atoms with Crippen molar-refractivity contribution in [2.24, 2.45) is 0 Å². The maximum Gasteiger partial charge on any atom is 0.254 e. The van der Waals surface area contributed by atoms with Crippen LogP contribution < -0.4 is 5.32 Å². The van der Waals surface area contributed by atoms with Crippen LogP contribution in [0.1, 0.15) is 24.2 Å². The van der Waals surface area contributed by atoms with Gasteiger partial charge in [-0.2, -0.15) is 4.31 Å². The maximum atomic E-state index is 13.7. The van der Waals surface area contributed by atoms with E-state index < -0.39 is 51.5 Å². The quantitative estimate of drug-likeness (QED) is 0.617. The van der Waals surface area contributed by atoms with Crippen LogP contribution in [0.15, 0.2) is 41.3 Å². The molecule has 0 aromatic heterocycles. The number of nitrogens with one attached hydrogen (secondary N) is 1. The molecule has 2 amide bonds. The van der Waals surface area contributed by atoms with Crippen LogP contribution in [0.2, 0.25) is 0 Å². The fourth-order valence-corrected chi connectivity index (χ4v) is 5.16. The van der Waals surface area contributed by atoms with E-state index >= 15 is 0 Å². The van der Waals surface area contributed by atoms with E-state index in [-0.39, 0.29) is 35.8 Å². The molecule has 0 radical (unpaired) electrons. The van der Waals surface area contributed by atoms with Crippen LogP contribution in [0.5, 0.6) is 0 Å². The summed E-state index contributed by atoms with van der Waals surface area (Å²) in [5.41, 5.74) is -0.442. The Kier molecular flexibility index (Phi) is 7.64. The topological polar surface area (TPSA) is 96.0 Å². The van der Waals surface area contributed by atoms with Crippen molar-refractivity contribution in [3.05, 3.63) is 59.4 Å². The first-order chi connectivity index (χ1) is 15.9. The van der Waals surface area contributed by atoms with Crippen LogP contribution in [0, 0.1) is 17.5 Å². The predicted molar refractivity (Wildman–Crippen MR) is 117 cm³/mol. The van der Waals surface area contributed by atoms with E-state index in [0.717, 1.165) is 11.0 Å². The molecule has 1 saturated heterocycles. The number of benzene rings is 2. The molecule has 1 aliphatic rings. The van der Waals surface area contributed by atoms with E-state index in [0.29, 0.717) is 6.07 Å². The first-order valence-electron chi connectivity index (χ1n) is 10.3. The van der Waals surface area contributed by atoms with E-state index in [2.05, 4.69) is 5.32 Å². The highest BCUT2D eigenvalue weighted by atomic mass is 32.2. The second-order valence-electron chi connectivity index (χ2n) is 8.04. The van der Waals surface area contributed by atoms with Crippen LogP contribution in [-0.2, 0) is 19.6 Å². The molecular formula is C22H24F3N3O5S. The second-order valence-corrected chi connectivity index (χ2v) is 9.97. The van der Waals surface area contributed by atoms with Gasteiger partial charge in [0, 0.05) is 25.7 Å². The smallest absolute Gasteiger partial charge is 0.254 e. The molecule has 2 aromatic rings. The van der Waals surface area contributed by atoms with E-state index in [9.17, 15) is 31.2 Å². The number of sulfonamides is 1. The Morgan fingerprint density at radius 3 is 2.21 bits per heavy atom. The van der Waals surface area contributed by atoms with Crippen molar-refractivity contribution in [1.29, 1.82) is 0 Å². The third-order valence-electron chi connectivity index (χ3n) is 5.16. The summed E-state index contributed by atoms with van der Waals surface area (Å²) in [7, 11) is -2.47. The van der Waals surface area contributed by atoms with Gasteiger partial charge in [0.05, 0.1) is 29.3 Å². The average Bonchev–Trinajstić information content (AvgIpc) is 2.78. The largest absolute Gasteiger partial charge is 0.373 e. The van der Waals surface area contributed by atoms with Gasteiger partial charge in [0.15, 0.2) is 17.5 Å². The fraction of sp³-hybridized carbons (Fsp3) is 0.364. The van der Waals surface area contributed by atoms with Crippen LogP contribution in [-0.4, -0.2) is 68.3 Å². The lowest BCUT2D eigenvalue weighted by molar-refractivity contribution is -0.116. The summed E-state index contributed by atoms with van der Waals surface area (Å²) in [5, 5.41) is 2.08. The summed E-state index contributed by atoms with van der Waals surface area (Å²) in [5.74, 6) is -6.11. The number of hydrogen-bond donors (Lipinski definition) is 1. The van der Waals surface area contributed by atoms with Crippen molar-refractivity contribution in [3.8, 4) is 0 Å². The van der Waals surface area contributed by atoms with E-state index in [1.165, 1.54) is 35.6 Å². The van der Waals surface area contributed by atoms with Gasteiger partial charge in [-0.3, -0.25) is 9.59 Å². The van der Waals surface area contributed by atoms with Gasteiger partial charge >= 0.3 is 0 Å². The number of hydrogen-bond acceptors (Lipinski definition) is 5. The van der Waals surface area contributed by atoms with Crippen molar-refractivity contribution in [1.82, 2.24) is 9.21 Å². The molecule has 0 bridgehead atoms. The number of morpholine rings is 1. The molecule has 1 heterocycles. The fourth-order valence-electron chi connectivity index (χ4n) is 3.57. The highest BCUT2D eigenvalue weighted by Crippen LogP contribution is 2.22. The maximum absolute atomic E-state index is 13.7. The highest BCUT2D eigenvalue weighted by molar-refractivity contribution is 7.89. The van der Waals surface area contributed by atoms with E-state index in [1.54, 1.807) is 13.8 Å². The molecule has 0 aliphatic carbocycles. The molecule has 0 saturated carbocycles. The van der Waals surface area contributed by atoms with Crippen molar-refractivity contribution in [3.63, 3.8) is 0 Å². The Hall–Kier alpha value is -2.96. The number of amides is 2. The Morgan fingerprint density at radius 2 is 1.62 bits per heavy atom. The number of nitrogens with zero attached hydrogens (tertiary/aromatic N) is 2. The standard InChI is InChI=1S/C22H24F3N3O5S/c1-13-10-28(11-14(2)33-13)34(31,32)16-6-4-15(5-7-16)22(30)27(3)12-19(29)26-18-9-8-17(23)20(24)21(18)25/h4-9,13-14H,10-12H2,1-3H3,(H,26,29)/t13-,14-/m0/s1. The first-order valence-corrected chi connectivity index (χ1v) is 11.8. The minimum Gasteiger partial charge on any atom is -0.373 e. The molecule has 12 heteroatoms. The number of carbonyl (C=O) groups excluding carboxylic acids is 2. The molecule has 8 nitrogen and oxygen atoms in total. The second kappa shape index (κ2) is 10.1. The van der Waals surface area contributed by atoms with Crippen LogP contribution in [0.3, 0.4) is 0 Å². The third kappa shape index (κ3) is 5.57. The molecule has 184 valence electrons. The van der Waals surface area contributed by atoms with Gasteiger partial charge in [-0.05, 0) is 50.2 Å². The summed E-state index contributed by atoms with van der Waals surface area (Å²) in [6.45, 7) is 3.48. The molecule has 1 N–H and O–H groups in total. The molecule has 0 unspecified atom stereocenters. The monoisotopic (exact) mass is 499 g/mol. The van der Waals surface area contributed by atoms with Crippen molar-refractivity contribution in [2.45, 2.75) is 31.0 Å². The van der Waals surface area contributed by atoms with Crippen molar-refractivity contribution < 1.29 is 35.9 Å².